The van der Waals surface area contributed by atoms with E-state index < -0.39 is 0 Å². The van der Waals surface area contributed by atoms with Crippen LogP contribution in [0.5, 0.6) is 0 Å². The van der Waals surface area contributed by atoms with Gasteiger partial charge in [-0.25, -0.2) is 0 Å². The zero-order valence-electron chi connectivity index (χ0n) is 13.2. The second-order valence-corrected chi connectivity index (χ2v) is 5.86. The molecule has 0 spiro atoms. The van der Waals surface area contributed by atoms with Gasteiger partial charge in [0.2, 0.25) is 0 Å². The quantitative estimate of drug-likeness (QED) is 0.771. The lowest BCUT2D eigenvalue weighted by molar-refractivity contribution is 0.0773. The Kier molecular flexibility index (Phi) is 5.61. The number of hydrogen-bond acceptors (Lipinski definition) is 2. The van der Waals surface area contributed by atoms with Crippen LogP contribution in [0, 0.1) is 0 Å². The van der Waals surface area contributed by atoms with Gasteiger partial charge in [-0.3, -0.25) is 4.79 Å². The van der Waals surface area contributed by atoms with E-state index in [1.165, 1.54) is 0 Å². The highest BCUT2D eigenvalue weighted by Gasteiger charge is 2.21. The predicted molar refractivity (Wildman–Crippen MR) is 95.9 cm³/mol. The second-order valence-electron chi connectivity index (χ2n) is 5.01. The summed E-state index contributed by atoms with van der Waals surface area (Å²) in [5.41, 5.74) is 2.66. The predicted octanol–water partition coefficient (Wildman–Crippen LogP) is 4.70. The van der Waals surface area contributed by atoms with Crippen LogP contribution in [0.3, 0.4) is 0 Å². The lowest BCUT2D eigenvalue weighted by atomic mass is 10.1. The van der Waals surface area contributed by atoms with E-state index in [1.807, 2.05) is 79.2 Å². The van der Waals surface area contributed by atoms with Crippen LogP contribution < -0.4 is 4.90 Å². The highest BCUT2D eigenvalue weighted by atomic mass is 79.9. The molecule has 2 aromatic carbocycles. The molecule has 4 heteroatoms. The van der Waals surface area contributed by atoms with Crippen LogP contribution in [0.15, 0.2) is 53.0 Å². The molecular weight excluding hydrogens is 340 g/mol. The van der Waals surface area contributed by atoms with Gasteiger partial charge in [0.05, 0.1) is 11.3 Å². The Morgan fingerprint density at radius 2 is 1.64 bits per heavy atom. The minimum absolute atomic E-state index is 0.0512. The smallest absolute Gasteiger partial charge is 0.257 e. The largest absolute Gasteiger partial charge is 0.344 e. The monoisotopic (exact) mass is 360 g/mol. The highest BCUT2D eigenvalue weighted by Crippen LogP contribution is 2.32. The number of hydrogen-bond donors (Lipinski definition) is 0. The summed E-state index contributed by atoms with van der Waals surface area (Å²) in [6.45, 7) is 5.40. The average molecular weight is 361 g/mol. The first-order chi connectivity index (χ1) is 10.6. The van der Waals surface area contributed by atoms with Crippen LogP contribution in [-0.4, -0.2) is 30.9 Å². The first-order valence-electron chi connectivity index (χ1n) is 7.46. The number of nitrogens with zero attached hydrogens (tertiary/aromatic N) is 2. The van der Waals surface area contributed by atoms with Crippen LogP contribution in [0.4, 0.5) is 11.4 Å². The van der Waals surface area contributed by atoms with Crippen LogP contribution in [-0.2, 0) is 0 Å². The zero-order valence-corrected chi connectivity index (χ0v) is 14.8. The van der Waals surface area contributed by atoms with Crippen molar-refractivity contribution in [3.8, 4) is 0 Å². The van der Waals surface area contributed by atoms with Crippen molar-refractivity contribution in [2.75, 3.05) is 25.0 Å². The number of benzene rings is 2. The Morgan fingerprint density at radius 3 is 2.23 bits per heavy atom. The normalized spacial score (nSPS) is 10.4. The van der Waals surface area contributed by atoms with Crippen molar-refractivity contribution >= 4 is 33.2 Å². The standard InChI is InChI=1S/C18H21BrN2O/c1-4-21(5-2)18(22)17-15(19)12-9-13-16(17)20(3)14-10-7-6-8-11-14/h6-13H,4-5H2,1-3H3. The molecule has 116 valence electrons. The molecule has 0 saturated carbocycles. The minimum atomic E-state index is 0.0512. The molecule has 2 aromatic rings. The molecule has 0 N–H and O–H groups in total. The van der Waals surface area contributed by atoms with Gasteiger partial charge >= 0.3 is 0 Å². The lowest BCUT2D eigenvalue weighted by Crippen LogP contribution is -2.32. The molecule has 0 atom stereocenters. The number of halogens is 1. The average Bonchev–Trinajstić information content (AvgIpc) is 2.55. The van der Waals surface area contributed by atoms with Crippen molar-refractivity contribution in [2.24, 2.45) is 0 Å². The molecule has 0 aliphatic carbocycles. The van der Waals surface area contributed by atoms with E-state index in [1.54, 1.807) is 0 Å². The Morgan fingerprint density at radius 1 is 1.00 bits per heavy atom. The summed E-state index contributed by atoms with van der Waals surface area (Å²) in [5.74, 6) is 0.0512. The number of para-hydroxylation sites is 1. The summed E-state index contributed by atoms with van der Waals surface area (Å²) in [6, 6.07) is 15.9. The molecule has 3 nitrogen and oxygen atoms in total. The molecule has 0 radical (unpaired) electrons. The Bertz CT molecular complexity index is 639. The molecule has 0 bridgehead atoms. The van der Waals surface area contributed by atoms with Crippen LogP contribution >= 0.6 is 15.9 Å². The van der Waals surface area contributed by atoms with Gasteiger partial charge in [-0.05, 0) is 54.0 Å². The molecule has 1 amide bonds. The second kappa shape index (κ2) is 7.45. The molecular formula is C18H21BrN2O. The highest BCUT2D eigenvalue weighted by molar-refractivity contribution is 9.10. The summed E-state index contributed by atoms with van der Waals surface area (Å²) in [6.07, 6.45) is 0. The third-order valence-corrected chi connectivity index (χ3v) is 4.42. The number of carbonyl (C=O) groups excluding carboxylic acids is 1. The molecule has 0 aromatic heterocycles. The van der Waals surface area contributed by atoms with Gasteiger partial charge in [0.25, 0.3) is 5.91 Å². The molecule has 2 rings (SSSR count). The van der Waals surface area contributed by atoms with Gasteiger partial charge in [0.1, 0.15) is 0 Å². The fourth-order valence-corrected chi connectivity index (χ4v) is 2.99. The molecule has 0 aliphatic heterocycles. The zero-order chi connectivity index (χ0) is 16.1. The van der Waals surface area contributed by atoms with Crippen molar-refractivity contribution in [3.63, 3.8) is 0 Å². The van der Waals surface area contributed by atoms with Gasteiger partial charge in [-0.2, -0.15) is 0 Å². The Hall–Kier alpha value is -1.81. The summed E-state index contributed by atoms with van der Waals surface area (Å²) >= 11 is 3.54. The van der Waals surface area contributed by atoms with E-state index in [0.717, 1.165) is 15.8 Å². The van der Waals surface area contributed by atoms with Crippen molar-refractivity contribution < 1.29 is 4.79 Å². The summed E-state index contributed by atoms with van der Waals surface area (Å²) in [7, 11) is 1.98. The molecule has 0 fully saturated rings. The first kappa shape index (κ1) is 16.6. The van der Waals surface area contributed by atoms with Gasteiger partial charge in [0.15, 0.2) is 0 Å². The topological polar surface area (TPSA) is 23.6 Å². The van der Waals surface area contributed by atoms with Crippen molar-refractivity contribution in [1.29, 1.82) is 0 Å². The van der Waals surface area contributed by atoms with E-state index in [4.69, 9.17) is 0 Å². The fraction of sp³-hybridized carbons (Fsp3) is 0.278. The molecule has 0 unspecified atom stereocenters. The number of anilines is 2. The van der Waals surface area contributed by atoms with Crippen molar-refractivity contribution in [3.05, 3.63) is 58.6 Å². The fourth-order valence-electron chi connectivity index (χ4n) is 2.46. The third-order valence-electron chi connectivity index (χ3n) is 3.76. The Balaban J connectivity index is 2.49. The third kappa shape index (κ3) is 3.33. The van der Waals surface area contributed by atoms with Crippen LogP contribution in [0.25, 0.3) is 0 Å². The van der Waals surface area contributed by atoms with Crippen LogP contribution in [0.1, 0.15) is 24.2 Å². The Labute approximate surface area is 140 Å². The summed E-state index contributed by atoms with van der Waals surface area (Å²) in [5, 5.41) is 0. The maximum atomic E-state index is 12.9. The SMILES string of the molecule is CCN(CC)C(=O)c1c(Br)cccc1N(C)c1ccccc1. The van der Waals surface area contributed by atoms with E-state index >= 15 is 0 Å². The molecule has 0 aliphatic rings. The number of carbonyl (C=O) groups is 1. The molecule has 0 heterocycles. The number of amides is 1. The summed E-state index contributed by atoms with van der Waals surface area (Å²) < 4.78 is 0.824. The molecule has 22 heavy (non-hydrogen) atoms. The van der Waals surface area contributed by atoms with E-state index in [9.17, 15) is 4.79 Å². The van der Waals surface area contributed by atoms with Crippen molar-refractivity contribution in [2.45, 2.75) is 13.8 Å². The van der Waals surface area contributed by atoms with Gasteiger partial charge < -0.3 is 9.80 Å². The van der Waals surface area contributed by atoms with Crippen LogP contribution in [0.2, 0.25) is 0 Å². The number of rotatable bonds is 5. The summed E-state index contributed by atoms with van der Waals surface area (Å²) in [4.78, 5) is 16.7. The lowest BCUT2D eigenvalue weighted by Gasteiger charge is -2.26. The van der Waals surface area contributed by atoms with Gasteiger partial charge in [-0.15, -0.1) is 0 Å². The van der Waals surface area contributed by atoms with E-state index in [-0.39, 0.29) is 5.91 Å². The van der Waals surface area contributed by atoms with Gasteiger partial charge in [-0.1, -0.05) is 24.3 Å². The van der Waals surface area contributed by atoms with Crippen molar-refractivity contribution in [1.82, 2.24) is 4.90 Å². The van der Waals surface area contributed by atoms with Gasteiger partial charge in [0, 0.05) is 30.3 Å². The van der Waals surface area contributed by atoms with E-state index in [0.29, 0.717) is 18.7 Å². The maximum Gasteiger partial charge on any atom is 0.257 e. The molecule has 0 saturated heterocycles. The van der Waals surface area contributed by atoms with E-state index in [2.05, 4.69) is 15.9 Å². The first-order valence-corrected chi connectivity index (χ1v) is 8.26. The minimum Gasteiger partial charge on any atom is -0.344 e. The maximum absolute atomic E-state index is 12.9.